The van der Waals surface area contributed by atoms with Crippen LogP contribution in [-0.4, -0.2) is 39.4 Å². The van der Waals surface area contributed by atoms with E-state index in [-0.39, 0.29) is 34.0 Å². The molecule has 3 aromatic heterocycles. The Balaban J connectivity index is 1.68. The number of nitrogens with two attached hydrogens (primary N) is 2. The second-order valence-electron chi connectivity index (χ2n) is 8.89. The van der Waals surface area contributed by atoms with Crippen molar-refractivity contribution >= 4 is 32.7 Å². The van der Waals surface area contributed by atoms with Crippen molar-refractivity contribution in [2.75, 3.05) is 0 Å². The minimum Gasteiger partial charge on any atom is -0.326 e. The zero-order chi connectivity index (χ0) is 24.9. The molecule has 5 rings (SSSR count). The second-order valence-corrected chi connectivity index (χ2v) is 11.1. The molecule has 4 aromatic rings. The summed E-state index contributed by atoms with van der Waals surface area (Å²) in [6, 6.07) is 7.40. The number of hydrogen-bond acceptors (Lipinski definition) is 7. The van der Waals surface area contributed by atoms with Crippen LogP contribution in [0.25, 0.3) is 22.4 Å². The Morgan fingerprint density at radius 2 is 1.86 bits per heavy atom. The molecule has 3 atom stereocenters. The largest absolute Gasteiger partial charge is 0.326 e. The molecule has 3 heterocycles. The van der Waals surface area contributed by atoms with E-state index in [1.54, 1.807) is 18.2 Å². The average molecular weight is 515 g/mol. The predicted octanol–water partition coefficient (Wildman–Crippen LogP) is 3.75. The number of hydrogen-bond donors (Lipinski definition) is 2. The fraction of sp³-hybridized carbons (Fsp3) is 0.292. The monoisotopic (exact) mass is 514 g/mol. The fourth-order valence-corrected chi connectivity index (χ4v) is 6.07. The van der Waals surface area contributed by atoms with Crippen LogP contribution in [0.5, 0.6) is 0 Å². The summed E-state index contributed by atoms with van der Waals surface area (Å²) in [4.78, 5) is 13.1. The lowest BCUT2D eigenvalue weighted by Crippen LogP contribution is -2.48. The molecule has 1 saturated carbocycles. The van der Waals surface area contributed by atoms with Gasteiger partial charge in [0.25, 0.3) is 10.0 Å². The van der Waals surface area contributed by atoms with Crippen molar-refractivity contribution in [2.45, 2.75) is 49.1 Å². The molecule has 1 aromatic carbocycles. The molecule has 0 bridgehead atoms. The summed E-state index contributed by atoms with van der Waals surface area (Å²) in [6.45, 7) is 1.87. The normalized spacial score (nSPS) is 20.9. The number of pyridine rings is 1. The Kier molecular flexibility index (Phi) is 6.08. The van der Waals surface area contributed by atoms with Crippen molar-refractivity contribution in [1.29, 1.82) is 0 Å². The zero-order valence-corrected chi connectivity index (χ0v) is 20.5. The molecule has 1 aliphatic rings. The average Bonchev–Trinajstić information content (AvgIpc) is 3.21. The number of rotatable bonds is 4. The Morgan fingerprint density at radius 3 is 2.60 bits per heavy atom. The molecule has 182 valence electrons. The minimum absolute atomic E-state index is 0.103. The third-order valence-electron chi connectivity index (χ3n) is 6.53. The van der Waals surface area contributed by atoms with E-state index in [2.05, 4.69) is 15.0 Å². The van der Waals surface area contributed by atoms with Gasteiger partial charge in [0.2, 0.25) is 0 Å². The predicted molar refractivity (Wildman–Crippen MR) is 132 cm³/mol. The standard InChI is InChI=1S/C24H24ClFN6O2S/c1-13-5-7-15(8-6-13)35(33,34)32-12-18(17-9-14(25)10-30-24(17)32)23-29-11-19(26)22(31-23)16-3-2-4-20(27)21(16)28/h5-12,16,20-21H,2-4,27-28H2,1H3/t16?,20-,21-/m0/s1. The highest BCUT2D eigenvalue weighted by Gasteiger charge is 2.33. The highest BCUT2D eigenvalue weighted by Crippen LogP contribution is 2.35. The lowest BCUT2D eigenvalue weighted by Gasteiger charge is -2.33. The van der Waals surface area contributed by atoms with Gasteiger partial charge in [-0.25, -0.2) is 31.7 Å². The SMILES string of the molecule is Cc1ccc(S(=O)(=O)n2cc(-c3ncc(F)c(C4CCC[C@H](N)[C@H]4N)n3)c3cc(Cl)cnc32)cc1. The van der Waals surface area contributed by atoms with Gasteiger partial charge in [-0.3, -0.25) is 0 Å². The summed E-state index contributed by atoms with van der Waals surface area (Å²) in [5.41, 5.74) is 14.1. The maximum absolute atomic E-state index is 14.8. The molecule has 0 saturated heterocycles. The van der Waals surface area contributed by atoms with E-state index in [0.717, 1.165) is 28.6 Å². The first kappa shape index (κ1) is 23.8. The molecule has 0 aliphatic heterocycles. The summed E-state index contributed by atoms with van der Waals surface area (Å²) in [7, 11) is -3.99. The van der Waals surface area contributed by atoms with E-state index in [9.17, 15) is 12.8 Å². The molecule has 0 amide bonds. The van der Waals surface area contributed by atoms with Crippen molar-refractivity contribution in [1.82, 2.24) is 18.9 Å². The van der Waals surface area contributed by atoms with Crippen LogP contribution in [0.3, 0.4) is 0 Å². The van der Waals surface area contributed by atoms with Crippen LogP contribution in [0.4, 0.5) is 4.39 Å². The number of fused-ring (bicyclic) bond motifs is 1. The minimum atomic E-state index is -3.99. The Bertz CT molecular complexity index is 1520. The van der Waals surface area contributed by atoms with Crippen molar-refractivity contribution < 1.29 is 12.8 Å². The number of benzene rings is 1. The van der Waals surface area contributed by atoms with Crippen LogP contribution in [0.1, 0.15) is 36.4 Å². The van der Waals surface area contributed by atoms with Gasteiger partial charge in [-0.05, 0) is 38.0 Å². The van der Waals surface area contributed by atoms with Gasteiger partial charge >= 0.3 is 0 Å². The molecule has 1 aliphatic carbocycles. The molecular weight excluding hydrogens is 491 g/mol. The van der Waals surface area contributed by atoms with Gasteiger partial charge < -0.3 is 11.5 Å². The van der Waals surface area contributed by atoms with Crippen LogP contribution < -0.4 is 11.5 Å². The van der Waals surface area contributed by atoms with E-state index in [1.165, 1.54) is 24.5 Å². The summed E-state index contributed by atoms with van der Waals surface area (Å²) < 4.78 is 42.9. The van der Waals surface area contributed by atoms with E-state index in [1.807, 2.05) is 6.92 Å². The molecule has 4 N–H and O–H groups in total. The summed E-state index contributed by atoms with van der Waals surface area (Å²) in [5, 5.41) is 0.738. The lowest BCUT2D eigenvalue weighted by molar-refractivity contribution is 0.327. The van der Waals surface area contributed by atoms with E-state index in [4.69, 9.17) is 23.1 Å². The number of halogens is 2. The van der Waals surface area contributed by atoms with Crippen molar-refractivity contribution in [2.24, 2.45) is 11.5 Å². The van der Waals surface area contributed by atoms with Crippen LogP contribution in [-0.2, 0) is 10.0 Å². The fourth-order valence-electron chi connectivity index (χ4n) is 4.58. The highest BCUT2D eigenvalue weighted by molar-refractivity contribution is 7.90. The Morgan fingerprint density at radius 1 is 1.11 bits per heavy atom. The van der Waals surface area contributed by atoms with Crippen LogP contribution in [0, 0.1) is 12.7 Å². The highest BCUT2D eigenvalue weighted by atomic mass is 35.5. The quantitative estimate of drug-likeness (QED) is 0.424. The summed E-state index contributed by atoms with van der Waals surface area (Å²) in [5.74, 6) is -0.790. The summed E-state index contributed by atoms with van der Waals surface area (Å²) in [6.07, 6.45) is 6.08. The Hall–Kier alpha value is -2.92. The van der Waals surface area contributed by atoms with E-state index < -0.39 is 21.9 Å². The van der Waals surface area contributed by atoms with E-state index >= 15 is 0 Å². The zero-order valence-electron chi connectivity index (χ0n) is 18.9. The van der Waals surface area contributed by atoms with Gasteiger partial charge in [0.1, 0.15) is 0 Å². The van der Waals surface area contributed by atoms with E-state index in [0.29, 0.717) is 22.4 Å². The van der Waals surface area contributed by atoms with Gasteiger partial charge in [-0.1, -0.05) is 35.7 Å². The third-order valence-corrected chi connectivity index (χ3v) is 8.40. The van der Waals surface area contributed by atoms with Gasteiger partial charge in [0.15, 0.2) is 17.3 Å². The van der Waals surface area contributed by atoms with Gasteiger partial charge in [-0.2, -0.15) is 0 Å². The Labute approximate surface area is 207 Å². The first-order valence-corrected chi connectivity index (χ1v) is 13.0. The summed E-state index contributed by atoms with van der Waals surface area (Å²) >= 11 is 6.20. The first-order chi connectivity index (χ1) is 16.7. The van der Waals surface area contributed by atoms with Gasteiger partial charge in [-0.15, -0.1) is 0 Å². The maximum Gasteiger partial charge on any atom is 0.269 e. The topological polar surface area (TPSA) is 130 Å². The van der Waals surface area contributed by atoms with Crippen molar-refractivity contribution in [3.8, 4) is 11.4 Å². The van der Waals surface area contributed by atoms with Crippen molar-refractivity contribution in [3.05, 3.63) is 71.0 Å². The molecule has 0 radical (unpaired) electrons. The molecule has 35 heavy (non-hydrogen) atoms. The number of aryl methyl sites for hydroxylation is 1. The van der Waals surface area contributed by atoms with Crippen LogP contribution in [0.2, 0.25) is 5.02 Å². The lowest BCUT2D eigenvalue weighted by atomic mass is 9.80. The molecule has 11 heteroatoms. The second kappa shape index (κ2) is 8.94. The molecule has 1 unspecified atom stereocenters. The smallest absolute Gasteiger partial charge is 0.269 e. The van der Waals surface area contributed by atoms with Gasteiger partial charge in [0, 0.05) is 41.3 Å². The number of aromatic nitrogens is 4. The van der Waals surface area contributed by atoms with Gasteiger partial charge in [0.05, 0.1) is 21.8 Å². The van der Waals surface area contributed by atoms with Crippen LogP contribution >= 0.6 is 11.6 Å². The molecule has 1 fully saturated rings. The first-order valence-electron chi connectivity index (χ1n) is 11.2. The number of nitrogens with zero attached hydrogens (tertiary/aromatic N) is 4. The third kappa shape index (κ3) is 4.20. The maximum atomic E-state index is 14.8. The molecule has 0 spiro atoms. The molecule has 8 nitrogen and oxygen atoms in total. The molecular formula is C24H24ClFN6O2S. The van der Waals surface area contributed by atoms with Crippen molar-refractivity contribution in [3.63, 3.8) is 0 Å². The van der Waals surface area contributed by atoms with Crippen LogP contribution in [0.15, 0.2) is 53.8 Å².